The number of nitrogens with zero attached hydrogens (tertiary/aromatic N) is 3. The highest BCUT2D eigenvalue weighted by Crippen LogP contribution is 2.41. The molecule has 0 fully saturated rings. The predicted octanol–water partition coefficient (Wildman–Crippen LogP) is 2.36. The number of amides is 1. The van der Waals surface area contributed by atoms with Crippen molar-refractivity contribution in [1.29, 1.82) is 0 Å². The van der Waals surface area contributed by atoms with Gasteiger partial charge in [-0.3, -0.25) is 9.79 Å². The number of hydrogen-bond donors (Lipinski definition) is 2. The van der Waals surface area contributed by atoms with E-state index in [2.05, 4.69) is 4.99 Å². The van der Waals surface area contributed by atoms with Gasteiger partial charge in [-0.25, -0.2) is 0 Å². The molecule has 6 nitrogen and oxygen atoms in total. The van der Waals surface area contributed by atoms with Crippen LogP contribution in [-0.2, 0) is 24.8 Å². The number of aliphatic hydroxyl groups is 1. The van der Waals surface area contributed by atoms with Crippen molar-refractivity contribution >= 4 is 51.9 Å². The van der Waals surface area contributed by atoms with Gasteiger partial charge in [0, 0.05) is 67.7 Å². The van der Waals surface area contributed by atoms with Crippen LogP contribution in [0.15, 0.2) is 17.1 Å². The lowest BCUT2D eigenvalue weighted by molar-refractivity contribution is -0.135. The maximum absolute atomic E-state index is 12.0. The van der Waals surface area contributed by atoms with Crippen LogP contribution in [0.25, 0.3) is 16.6 Å². The van der Waals surface area contributed by atoms with Crippen molar-refractivity contribution in [3.63, 3.8) is 0 Å². The van der Waals surface area contributed by atoms with Gasteiger partial charge in [0.05, 0.1) is 15.6 Å². The summed E-state index contributed by atoms with van der Waals surface area (Å²) in [6.07, 6.45) is 3.98. The van der Waals surface area contributed by atoms with Gasteiger partial charge in [-0.2, -0.15) is 0 Å². The standard InChI is InChI=1S/C18H20Cl2N4O2/c1-22-5-3-13(21)10-7-12(19)17(20)18-16(10)11-8-24(15(26)9-25)6-4-14(11)23(18)2/h3,5,7,25H,4,6,8-9,21H2,1-2H3/b13-3-,22-5?. The van der Waals surface area contributed by atoms with Crippen LogP contribution in [0.5, 0.6) is 0 Å². The second kappa shape index (κ2) is 7.31. The van der Waals surface area contributed by atoms with E-state index in [1.54, 1.807) is 30.3 Å². The molecule has 1 aromatic heterocycles. The third-order valence-corrected chi connectivity index (χ3v) is 5.53. The zero-order valence-electron chi connectivity index (χ0n) is 14.6. The Kier molecular flexibility index (Phi) is 5.27. The molecule has 0 unspecified atom stereocenters. The van der Waals surface area contributed by atoms with E-state index in [9.17, 15) is 9.90 Å². The number of halogens is 2. The van der Waals surface area contributed by atoms with Crippen LogP contribution in [0, 0.1) is 0 Å². The summed E-state index contributed by atoms with van der Waals surface area (Å²) in [6, 6.07) is 1.74. The van der Waals surface area contributed by atoms with Crippen molar-refractivity contribution in [2.24, 2.45) is 17.8 Å². The van der Waals surface area contributed by atoms with Crippen molar-refractivity contribution in [1.82, 2.24) is 9.47 Å². The van der Waals surface area contributed by atoms with E-state index in [1.165, 1.54) is 0 Å². The summed E-state index contributed by atoms with van der Waals surface area (Å²) >= 11 is 12.8. The summed E-state index contributed by atoms with van der Waals surface area (Å²) in [4.78, 5) is 17.5. The Morgan fingerprint density at radius 2 is 2.19 bits per heavy atom. The molecule has 0 spiro atoms. The number of nitrogens with two attached hydrogens (primary N) is 1. The molecule has 0 saturated carbocycles. The van der Waals surface area contributed by atoms with E-state index in [4.69, 9.17) is 28.9 Å². The van der Waals surface area contributed by atoms with E-state index in [0.717, 1.165) is 27.7 Å². The second-order valence-corrected chi connectivity index (χ2v) is 6.97. The van der Waals surface area contributed by atoms with Crippen molar-refractivity contribution in [3.8, 4) is 0 Å². The minimum absolute atomic E-state index is 0.295. The van der Waals surface area contributed by atoms with Gasteiger partial charge < -0.3 is 20.3 Å². The average molecular weight is 395 g/mol. The zero-order chi connectivity index (χ0) is 19.0. The topological polar surface area (TPSA) is 83.8 Å². The Balaban J connectivity index is 2.30. The lowest BCUT2D eigenvalue weighted by atomic mass is 9.99. The molecule has 1 amide bonds. The SMILES string of the molecule is CN=C/C=C(\N)c1cc(Cl)c(Cl)c2c1c1c(n2C)CCN(C(=O)CO)C1. The van der Waals surface area contributed by atoms with E-state index < -0.39 is 6.61 Å². The van der Waals surface area contributed by atoms with Crippen molar-refractivity contribution in [3.05, 3.63) is 39.0 Å². The molecule has 1 aliphatic rings. The number of aliphatic imine (C=N–C) groups is 1. The Bertz CT molecular complexity index is 947. The number of rotatable bonds is 3. The highest BCUT2D eigenvalue weighted by atomic mass is 35.5. The Morgan fingerprint density at radius 1 is 1.46 bits per heavy atom. The minimum atomic E-state index is -0.505. The Hall–Kier alpha value is -2.02. The normalized spacial score (nSPS) is 15.1. The van der Waals surface area contributed by atoms with Crippen LogP contribution in [0.2, 0.25) is 10.0 Å². The number of fused-ring (bicyclic) bond motifs is 3. The number of hydrogen-bond acceptors (Lipinski definition) is 4. The molecular formula is C18H20Cl2N4O2. The van der Waals surface area contributed by atoms with Crippen molar-refractivity contribution < 1.29 is 9.90 Å². The molecule has 0 saturated heterocycles. The summed E-state index contributed by atoms with van der Waals surface area (Å²) in [5.74, 6) is -0.295. The third kappa shape index (κ3) is 2.98. The molecule has 0 radical (unpaired) electrons. The zero-order valence-corrected chi connectivity index (χ0v) is 16.1. The summed E-state index contributed by atoms with van der Waals surface area (Å²) < 4.78 is 2.02. The molecule has 0 aliphatic carbocycles. The number of aliphatic hydroxyl groups excluding tert-OH is 1. The predicted molar refractivity (Wildman–Crippen MR) is 106 cm³/mol. The van der Waals surface area contributed by atoms with Crippen LogP contribution < -0.4 is 5.73 Å². The Morgan fingerprint density at radius 3 is 2.85 bits per heavy atom. The Labute approximate surface area is 161 Å². The van der Waals surface area contributed by atoms with Gasteiger partial charge in [-0.15, -0.1) is 0 Å². The summed E-state index contributed by atoms with van der Waals surface area (Å²) in [5, 5.41) is 11.0. The highest BCUT2D eigenvalue weighted by molar-refractivity contribution is 6.45. The first-order valence-electron chi connectivity index (χ1n) is 8.15. The molecular weight excluding hydrogens is 375 g/mol. The van der Waals surface area contributed by atoms with Gasteiger partial charge in [0.2, 0.25) is 5.91 Å². The van der Waals surface area contributed by atoms with Crippen LogP contribution in [-0.4, -0.2) is 46.9 Å². The number of aromatic nitrogens is 1. The highest BCUT2D eigenvalue weighted by Gasteiger charge is 2.28. The van der Waals surface area contributed by atoms with E-state index in [-0.39, 0.29) is 5.91 Å². The van der Waals surface area contributed by atoms with Gasteiger partial charge in [-0.05, 0) is 12.1 Å². The maximum atomic E-state index is 12.0. The first-order chi connectivity index (χ1) is 12.4. The molecule has 3 N–H and O–H groups in total. The molecule has 3 rings (SSSR count). The lowest BCUT2D eigenvalue weighted by Gasteiger charge is -2.27. The molecule has 1 aromatic carbocycles. The molecule has 8 heteroatoms. The first-order valence-corrected chi connectivity index (χ1v) is 8.91. The van der Waals surface area contributed by atoms with Crippen LogP contribution >= 0.6 is 23.2 Å². The lowest BCUT2D eigenvalue weighted by Crippen LogP contribution is -2.37. The van der Waals surface area contributed by atoms with E-state index in [1.807, 2.05) is 11.6 Å². The monoisotopic (exact) mass is 394 g/mol. The van der Waals surface area contributed by atoms with Crippen LogP contribution in [0.3, 0.4) is 0 Å². The summed E-state index contributed by atoms with van der Waals surface area (Å²) in [7, 11) is 3.60. The number of benzene rings is 1. The largest absolute Gasteiger partial charge is 0.398 e. The summed E-state index contributed by atoms with van der Waals surface area (Å²) in [6.45, 7) is 0.436. The fourth-order valence-electron chi connectivity index (χ4n) is 3.50. The quantitative estimate of drug-likeness (QED) is 0.783. The molecule has 26 heavy (non-hydrogen) atoms. The van der Waals surface area contributed by atoms with Gasteiger partial charge in [0.15, 0.2) is 0 Å². The van der Waals surface area contributed by atoms with Crippen LogP contribution in [0.1, 0.15) is 16.8 Å². The number of carbonyl (C=O) groups is 1. The molecule has 2 aromatic rings. The molecule has 0 atom stereocenters. The fourth-order valence-corrected chi connectivity index (χ4v) is 3.97. The summed E-state index contributed by atoms with van der Waals surface area (Å²) in [5.41, 5.74) is 10.4. The maximum Gasteiger partial charge on any atom is 0.248 e. The number of allylic oxidation sites excluding steroid dienone is 1. The average Bonchev–Trinajstić information content (AvgIpc) is 2.94. The van der Waals surface area contributed by atoms with Crippen molar-refractivity contribution in [2.75, 3.05) is 20.2 Å². The fraction of sp³-hybridized carbons (Fsp3) is 0.333. The molecule has 138 valence electrons. The van der Waals surface area contributed by atoms with Crippen molar-refractivity contribution in [2.45, 2.75) is 13.0 Å². The van der Waals surface area contributed by atoms with Gasteiger partial charge in [0.25, 0.3) is 0 Å². The first kappa shape index (κ1) is 18.8. The van der Waals surface area contributed by atoms with E-state index in [0.29, 0.717) is 35.3 Å². The van der Waals surface area contributed by atoms with Gasteiger partial charge in [-0.1, -0.05) is 23.2 Å². The molecule has 1 aliphatic heterocycles. The number of aryl methyl sites for hydroxylation is 1. The molecule has 0 bridgehead atoms. The smallest absolute Gasteiger partial charge is 0.248 e. The van der Waals surface area contributed by atoms with Crippen LogP contribution in [0.4, 0.5) is 0 Å². The minimum Gasteiger partial charge on any atom is -0.398 e. The van der Waals surface area contributed by atoms with E-state index >= 15 is 0 Å². The number of carbonyl (C=O) groups excluding carboxylic acids is 1. The van der Waals surface area contributed by atoms with Gasteiger partial charge in [0.1, 0.15) is 6.61 Å². The third-order valence-electron chi connectivity index (χ3n) is 4.75. The second-order valence-electron chi connectivity index (χ2n) is 6.18. The molecule has 2 heterocycles. The van der Waals surface area contributed by atoms with Gasteiger partial charge >= 0.3 is 0 Å².